The summed E-state index contributed by atoms with van der Waals surface area (Å²) in [6, 6.07) is 0. The Morgan fingerprint density at radius 1 is 1.12 bits per heavy atom. The number of likely N-dealkylation sites (tertiary alicyclic amines) is 1. The van der Waals surface area contributed by atoms with Gasteiger partial charge >= 0.3 is 0 Å². The fourth-order valence-electron chi connectivity index (χ4n) is 1.95. The second-order valence-electron chi connectivity index (χ2n) is 5.05. The molecule has 92 valence electrons. The zero-order chi connectivity index (χ0) is 12.2. The van der Waals surface area contributed by atoms with Gasteiger partial charge in [0.25, 0.3) is 0 Å². The highest BCUT2D eigenvalue weighted by Gasteiger charge is 2.34. The summed E-state index contributed by atoms with van der Waals surface area (Å²) in [4.78, 5) is 14.5. The largest absolute Gasteiger partial charge is 0.392 e. The molecule has 1 aliphatic rings. The van der Waals surface area contributed by atoms with Crippen molar-refractivity contribution < 1.29 is 4.79 Å². The number of nitrogens with zero attached hydrogens (tertiary/aromatic N) is 1. The predicted octanol–water partition coefficient (Wildman–Crippen LogP) is 2.09. The second-order valence-corrected chi connectivity index (χ2v) is 5.49. The third kappa shape index (κ3) is 3.17. The van der Waals surface area contributed by atoms with E-state index in [4.69, 9.17) is 18.0 Å². The highest BCUT2D eigenvalue weighted by Crippen LogP contribution is 2.21. The fraction of sp³-hybridized carbons (Fsp3) is 0.833. The molecule has 0 unspecified atom stereocenters. The Morgan fingerprint density at radius 3 is 2.00 bits per heavy atom. The van der Waals surface area contributed by atoms with E-state index in [9.17, 15) is 4.79 Å². The minimum absolute atomic E-state index is 0.0851. The molecule has 1 heterocycles. The average Bonchev–Trinajstić information content (AvgIpc) is 2.16. The normalized spacial score (nSPS) is 18.8. The number of hydrogen-bond donors (Lipinski definition) is 1. The molecular weight excluding hydrogens is 220 g/mol. The maximum atomic E-state index is 12.3. The first-order valence-corrected chi connectivity index (χ1v) is 6.46. The van der Waals surface area contributed by atoms with E-state index in [0.29, 0.717) is 4.99 Å². The van der Waals surface area contributed by atoms with Crippen LogP contribution in [0.25, 0.3) is 0 Å². The number of carbonyl (C=O) groups is 1. The predicted molar refractivity (Wildman–Crippen MR) is 70.2 cm³/mol. The Labute approximate surface area is 103 Å². The maximum absolute atomic E-state index is 12.3. The van der Waals surface area contributed by atoms with E-state index in [1.807, 2.05) is 18.7 Å². The van der Waals surface area contributed by atoms with Gasteiger partial charge in [-0.2, -0.15) is 0 Å². The lowest BCUT2D eigenvalue weighted by molar-refractivity contribution is -0.137. The summed E-state index contributed by atoms with van der Waals surface area (Å²) in [5, 5.41) is 0. The molecule has 16 heavy (non-hydrogen) atoms. The summed E-state index contributed by atoms with van der Waals surface area (Å²) < 4.78 is 0. The van der Waals surface area contributed by atoms with Gasteiger partial charge in [0.1, 0.15) is 0 Å². The lowest BCUT2D eigenvalue weighted by Crippen LogP contribution is -2.48. The molecular formula is C12H22N2OS. The molecule has 0 aliphatic carbocycles. The quantitative estimate of drug-likeness (QED) is 0.754. The third-order valence-electron chi connectivity index (χ3n) is 3.29. The van der Waals surface area contributed by atoms with E-state index in [2.05, 4.69) is 0 Å². The van der Waals surface area contributed by atoms with E-state index >= 15 is 0 Å². The first kappa shape index (κ1) is 13.4. The van der Waals surface area contributed by atoms with Crippen LogP contribution in [0, 0.1) is 5.41 Å². The van der Waals surface area contributed by atoms with Crippen LogP contribution in [-0.4, -0.2) is 28.9 Å². The molecule has 0 atom stereocenters. The van der Waals surface area contributed by atoms with Crippen molar-refractivity contribution in [3.8, 4) is 0 Å². The molecule has 0 aromatic carbocycles. The summed E-state index contributed by atoms with van der Waals surface area (Å²) in [6.07, 6.45) is 5.92. The minimum atomic E-state index is -0.700. The van der Waals surface area contributed by atoms with Gasteiger partial charge in [-0.05, 0) is 26.7 Å². The molecule has 0 radical (unpaired) electrons. The van der Waals surface area contributed by atoms with Crippen LogP contribution in [0.3, 0.4) is 0 Å². The van der Waals surface area contributed by atoms with Crippen LogP contribution in [0.15, 0.2) is 0 Å². The smallest absolute Gasteiger partial charge is 0.235 e. The molecule has 4 heteroatoms. The second kappa shape index (κ2) is 5.62. The molecule has 1 saturated heterocycles. The molecule has 0 aromatic heterocycles. The van der Waals surface area contributed by atoms with Crippen LogP contribution in [0.4, 0.5) is 0 Å². The fourth-order valence-corrected chi connectivity index (χ4v) is 2.04. The van der Waals surface area contributed by atoms with Crippen molar-refractivity contribution in [2.45, 2.75) is 46.0 Å². The average molecular weight is 242 g/mol. The number of carbonyl (C=O) groups excluding carboxylic acids is 1. The van der Waals surface area contributed by atoms with Gasteiger partial charge in [-0.15, -0.1) is 0 Å². The molecule has 0 aromatic rings. The Morgan fingerprint density at radius 2 is 1.56 bits per heavy atom. The van der Waals surface area contributed by atoms with Crippen LogP contribution in [0.5, 0.6) is 0 Å². The zero-order valence-electron chi connectivity index (χ0n) is 10.3. The minimum Gasteiger partial charge on any atom is -0.392 e. The number of amides is 1. The standard InChI is InChI=1S/C12H22N2OS/c1-12(2,10(13)16)11(15)14-8-6-4-3-5-7-9-14/h3-9H2,1-2H3,(H2,13,16). The van der Waals surface area contributed by atoms with Gasteiger partial charge in [0.05, 0.1) is 10.4 Å². The van der Waals surface area contributed by atoms with E-state index < -0.39 is 5.41 Å². The lowest BCUT2D eigenvalue weighted by Gasteiger charge is -2.32. The lowest BCUT2D eigenvalue weighted by atomic mass is 9.91. The van der Waals surface area contributed by atoms with Crippen molar-refractivity contribution in [3.63, 3.8) is 0 Å². The molecule has 2 N–H and O–H groups in total. The van der Waals surface area contributed by atoms with Crippen LogP contribution >= 0.6 is 12.2 Å². The Hall–Kier alpha value is -0.640. The Bertz CT molecular complexity index is 268. The van der Waals surface area contributed by atoms with Crippen LogP contribution in [0.2, 0.25) is 0 Å². The van der Waals surface area contributed by atoms with E-state index in [-0.39, 0.29) is 5.91 Å². The zero-order valence-corrected chi connectivity index (χ0v) is 11.1. The molecule has 0 spiro atoms. The van der Waals surface area contributed by atoms with Gasteiger partial charge < -0.3 is 10.6 Å². The van der Waals surface area contributed by atoms with Gasteiger partial charge in [0.15, 0.2) is 0 Å². The number of hydrogen-bond acceptors (Lipinski definition) is 2. The van der Waals surface area contributed by atoms with Gasteiger partial charge in [-0.25, -0.2) is 0 Å². The summed E-state index contributed by atoms with van der Waals surface area (Å²) in [6.45, 7) is 5.34. The van der Waals surface area contributed by atoms with Crippen molar-refractivity contribution in [3.05, 3.63) is 0 Å². The molecule has 0 saturated carbocycles. The van der Waals surface area contributed by atoms with Gasteiger partial charge in [-0.3, -0.25) is 4.79 Å². The van der Waals surface area contributed by atoms with Gasteiger partial charge in [0, 0.05) is 13.1 Å². The van der Waals surface area contributed by atoms with Crippen molar-refractivity contribution >= 4 is 23.1 Å². The summed E-state index contributed by atoms with van der Waals surface area (Å²) in [5.74, 6) is 0.0851. The van der Waals surface area contributed by atoms with Crippen molar-refractivity contribution in [2.24, 2.45) is 11.1 Å². The molecule has 3 nitrogen and oxygen atoms in total. The van der Waals surface area contributed by atoms with E-state index in [0.717, 1.165) is 25.9 Å². The highest BCUT2D eigenvalue weighted by molar-refractivity contribution is 7.80. The summed E-state index contributed by atoms with van der Waals surface area (Å²) in [7, 11) is 0. The van der Waals surface area contributed by atoms with E-state index in [1.54, 1.807) is 0 Å². The first-order valence-electron chi connectivity index (χ1n) is 6.05. The Balaban J connectivity index is 2.67. The van der Waals surface area contributed by atoms with Crippen molar-refractivity contribution in [1.29, 1.82) is 0 Å². The number of nitrogens with two attached hydrogens (primary N) is 1. The van der Waals surface area contributed by atoms with Crippen LogP contribution in [-0.2, 0) is 4.79 Å². The maximum Gasteiger partial charge on any atom is 0.235 e. The molecule has 1 fully saturated rings. The molecule has 1 rings (SSSR count). The monoisotopic (exact) mass is 242 g/mol. The first-order chi connectivity index (χ1) is 7.46. The molecule has 0 bridgehead atoms. The summed E-state index contributed by atoms with van der Waals surface area (Å²) >= 11 is 4.97. The summed E-state index contributed by atoms with van der Waals surface area (Å²) in [5.41, 5.74) is 4.93. The van der Waals surface area contributed by atoms with Crippen LogP contribution in [0.1, 0.15) is 46.0 Å². The van der Waals surface area contributed by atoms with Crippen LogP contribution < -0.4 is 5.73 Å². The Kier molecular flexibility index (Phi) is 4.71. The van der Waals surface area contributed by atoms with Gasteiger partial charge in [0.2, 0.25) is 5.91 Å². The SMILES string of the molecule is CC(C)(C(=O)N1CCCCCCC1)C(N)=S. The van der Waals surface area contributed by atoms with E-state index in [1.165, 1.54) is 19.3 Å². The van der Waals surface area contributed by atoms with Crippen molar-refractivity contribution in [2.75, 3.05) is 13.1 Å². The number of thiocarbonyl (C=S) groups is 1. The third-order valence-corrected chi connectivity index (χ3v) is 3.80. The molecule has 1 aliphatic heterocycles. The molecule has 1 amide bonds. The topological polar surface area (TPSA) is 46.3 Å². The highest BCUT2D eigenvalue weighted by atomic mass is 32.1. The van der Waals surface area contributed by atoms with Gasteiger partial charge in [-0.1, -0.05) is 31.5 Å². The number of rotatable bonds is 2. The van der Waals surface area contributed by atoms with Crippen molar-refractivity contribution in [1.82, 2.24) is 4.90 Å².